The lowest BCUT2D eigenvalue weighted by Gasteiger charge is -2.25. The third-order valence-corrected chi connectivity index (χ3v) is 5.81. The van der Waals surface area contributed by atoms with E-state index >= 15 is 0 Å². The first kappa shape index (κ1) is 23.9. The van der Waals surface area contributed by atoms with E-state index in [9.17, 15) is 22.4 Å². The van der Waals surface area contributed by atoms with Crippen LogP contribution in [0.25, 0.3) is 0 Å². The molecule has 5 nitrogen and oxygen atoms in total. The summed E-state index contributed by atoms with van der Waals surface area (Å²) in [5.41, 5.74) is 0.303. The maximum Gasteiger partial charge on any atom is 0.416 e. The van der Waals surface area contributed by atoms with Crippen LogP contribution in [-0.4, -0.2) is 33.8 Å². The molecule has 3 aromatic rings. The van der Waals surface area contributed by atoms with Gasteiger partial charge in [0.1, 0.15) is 12.1 Å². The van der Waals surface area contributed by atoms with Crippen molar-refractivity contribution in [3.05, 3.63) is 88.9 Å². The minimum absolute atomic E-state index is 0.0369. The molecule has 1 saturated heterocycles. The summed E-state index contributed by atoms with van der Waals surface area (Å²) in [4.78, 5) is 20.5. The molecule has 9 heteroatoms. The molecule has 34 heavy (non-hydrogen) atoms. The Morgan fingerprint density at radius 1 is 0.971 bits per heavy atom. The topological polar surface area (TPSA) is 49.6 Å². The van der Waals surface area contributed by atoms with Gasteiger partial charge in [0.05, 0.1) is 12.1 Å². The van der Waals surface area contributed by atoms with Crippen molar-refractivity contribution < 1.29 is 26.8 Å². The summed E-state index contributed by atoms with van der Waals surface area (Å²) < 4.78 is 59.4. The number of hydrogen-bond donors (Lipinski definition) is 0. The highest BCUT2D eigenvalue weighted by Gasteiger charge is 2.33. The summed E-state index contributed by atoms with van der Waals surface area (Å²) in [7, 11) is 0. The minimum Gasteiger partial charge on any atom is -0.447 e. The SMILES string of the molecule is O=C(c1coc(CN(Cc2ccc(F)cc2)Cc2ccccc2C(F)(F)F)n1)N1CCCCC1. The van der Waals surface area contributed by atoms with Gasteiger partial charge in [-0.25, -0.2) is 9.37 Å². The number of aromatic nitrogens is 1. The van der Waals surface area contributed by atoms with E-state index in [1.807, 2.05) is 0 Å². The number of piperidine rings is 1. The molecule has 2 heterocycles. The smallest absolute Gasteiger partial charge is 0.416 e. The third-order valence-electron chi connectivity index (χ3n) is 5.81. The predicted molar refractivity (Wildman–Crippen MR) is 117 cm³/mol. The van der Waals surface area contributed by atoms with E-state index in [1.54, 1.807) is 28.0 Å². The van der Waals surface area contributed by atoms with Crippen LogP contribution in [-0.2, 0) is 25.8 Å². The largest absolute Gasteiger partial charge is 0.447 e. The fourth-order valence-corrected chi connectivity index (χ4v) is 4.12. The van der Waals surface area contributed by atoms with Gasteiger partial charge in [-0.1, -0.05) is 30.3 Å². The number of rotatable bonds is 7. The van der Waals surface area contributed by atoms with Crippen LogP contribution in [0.1, 0.15) is 52.3 Å². The zero-order valence-corrected chi connectivity index (χ0v) is 18.5. The van der Waals surface area contributed by atoms with E-state index in [0.717, 1.165) is 30.9 Å². The summed E-state index contributed by atoms with van der Waals surface area (Å²) in [6.45, 7) is 1.63. The van der Waals surface area contributed by atoms with Crippen molar-refractivity contribution in [2.24, 2.45) is 0 Å². The quantitative estimate of drug-likeness (QED) is 0.414. The van der Waals surface area contributed by atoms with Crippen molar-refractivity contribution in [1.29, 1.82) is 0 Å². The Kier molecular flexibility index (Phi) is 7.31. The lowest BCUT2D eigenvalue weighted by molar-refractivity contribution is -0.138. The molecule has 2 aromatic carbocycles. The standard InChI is InChI=1S/C25H25F4N3O2/c26-20-10-8-18(9-11-20)14-31(15-19-6-2-3-7-21(19)25(27,28)29)16-23-30-22(17-34-23)24(33)32-12-4-1-5-13-32/h2-3,6-11,17H,1,4-5,12-16H2. The number of benzene rings is 2. The molecule has 4 rings (SSSR count). The predicted octanol–water partition coefficient (Wildman–Crippen LogP) is 5.66. The fraction of sp³-hybridized carbons (Fsp3) is 0.360. The molecule has 1 aromatic heterocycles. The molecule has 0 N–H and O–H groups in total. The normalized spacial score (nSPS) is 14.6. The van der Waals surface area contributed by atoms with Gasteiger partial charge >= 0.3 is 6.18 Å². The molecule has 1 amide bonds. The average Bonchev–Trinajstić information content (AvgIpc) is 3.29. The zero-order chi connectivity index (χ0) is 24.1. The van der Waals surface area contributed by atoms with E-state index in [1.165, 1.54) is 30.5 Å². The maximum atomic E-state index is 13.5. The molecule has 1 fully saturated rings. The minimum atomic E-state index is -4.49. The Bertz CT molecular complexity index is 1110. The number of likely N-dealkylation sites (tertiary alicyclic amines) is 1. The highest BCUT2D eigenvalue weighted by molar-refractivity contribution is 5.92. The van der Waals surface area contributed by atoms with E-state index < -0.39 is 17.6 Å². The van der Waals surface area contributed by atoms with Gasteiger partial charge in [-0.15, -0.1) is 0 Å². The lowest BCUT2D eigenvalue weighted by Crippen LogP contribution is -2.35. The second-order valence-corrected chi connectivity index (χ2v) is 8.41. The average molecular weight is 475 g/mol. The highest BCUT2D eigenvalue weighted by atomic mass is 19.4. The van der Waals surface area contributed by atoms with Crippen LogP contribution in [0.4, 0.5) is 17.6 Å². The Morgan fingerprint density at radius 3 is 2.38 bits per heavy atom. The number of nitrogens with zero attached hydrogens (tertiary/aromatic N) is 3. The van der Waals surface area contributed by atoms with Crippen LogP contribution < -0.4 is 0 Å². The molecule has 0 bridgehead atoms. The van der Waals surface area contributed by atoms with Gasteiger partial charge in [0.15, 0.2) is 5.69 Å². The van der Waals surface area contributed by atoms with Crippen LogP contribution in [0.15, 0.2) is 59.2 Å². The number of oxazole rings is 1. The van der Waals surface area contributed by atoms with Gasteiger partial charge in [-0.3, -0.25) is 9.69 Å². The van der Waals surface area contributed by atoms with Crippen LogP contribution >= 0.6 is 0 Å². The third kappa shape index (κ3) is 6.02. The zero-order valence-electron chi connectivity index (χ0n) is 18.5. The summed E-state index contributed by atoms with van der Waals surface area (Å²) in [6.07, 6.45) is -0.215. The Balaban J connectivity index is 1.55. The first-order valence-corrected chi connectivity index (χ1v) is 11.1. The summed E-state index contributed by atoms with van der Waals surface area (Å²) >= 11 is 0. The van der Waals surface area contributed by atoms with Crippen molar-refractivity contribution in [3.8, 4) is 0 Å². The van der Waals surface area contributed by atoms with Crippen molar-refractivity contribution >= 4 is 5.91 Å². The number of halogens is 4. The van der Waals surface area contributed by atoms with Crippen LogP contribution in [0.5, 0.6) is 0 Å². The lowest BCUT2D eigenvalue weighted by atomic mass is 10.1. The first-order valence-electron chi connectivity index (χ1n) is 11.1. The number of carbonyl (C=O) groups excluding carboxylic acids is 1. The van der Waals surface area contributed by atoms with Gasteiger partial charge in [-0.05, 0) is 48.6 Å². The highest BCUT2D eigenvalue weighted by Crippen LogP contribution is 2.32. The summed E-state index contributed by atoms with van der Waals surface area (Å²) in [5.74, 6) is -0.375. The monoisotopic (exact) mass is 475 g/mol. The molecule has 0 atom stereocenters. The fourth-order valence-electron chi connectivity index (χ4n) is 4.12. The Hall–Kier alpha value is -3.20. The van der Waals surface area contributed by atoms with E-state index in [2.05, 4.69) is 4.98 Å². The Labute approximate surface area is 195 Å². The van der Waals surface area contributed by atoms with E-state index in [4.69, 9.17) is 4.42 Å². The molecule has 180 valence electrons. The number of alkyl halides is 3. The molecular formula is C25H25F4N3O2. The number of amides is 1. The molecule has 0 spiro atoms. The van der Waals surface area contributed by atoms with E-state index in [-0.39, 0.29) is 42.7 Å². The van der Waals surface area contributed by atoms with Crippen molar-refractivity contribution in [2.45, 2.75) is 45.1 Å². The molecular weight excluding hydrogens is 450 g/mol. The first-order chi connectivity index (χ1) is 16.3. The molecule has 0 unspecified atom stereocenters. The summed E-state index contributed by atoms with van der Waals surface area (Å²) in [6, 6.07) is 11.2. The van der Waals surface area contributed by atoms with Crippen LogP contribution in [0.2, 0.25) is 0 Å². The molecule has 0 saturated carbocycles. The van der Waals surface area contributed by atoms with Crippen molar-refractivity contribution in [2.75, 3.05) is 13.1 Å². The maximum absolute atomic E-state index is 13.5. The van der Waals surface area contributed by atoms with Gasteiger partial charge in [-0.2, -0.15) is 13.2 Å². The van der Waals surface area contributed by atoms with E-state index in [0.29, 0.717) is 13.1 Å². The second kappa shape index (κ2) is 10.4. The molecule has 1 aliphatic rings. The van der Waals surface area contributed by atoms with Crippen LogP contribution in [0.3, 0.4) is 0 Å². The van der Waals surface area contributed by atoms with Gasteiger partial charge < -0.3 is 9.32 Å². The van der Waals surface area contributed by atoms with Crippen molar-refractivity contribution in [3.63, 3.8) is 0 Å². The molecule has 0 aliphatic carbocycles. The molecule has 1 aliphatic heterocycles. The van der Waals surface area contributed by atoms with Gasteiger partial charge in [0, 0.05) is 26.2 Å². The Morgan fingerprint density at radius 2 is 1.68 bits per heavy atom. The van der Waals surface area contributed by atoms with Crippen molar-refractivity contribution in [1.82, 2.24) is 14.8 Å². The molecule has 0 radical (unpaired) electrons. The van der Waals surface area contributed by atoms with Gasteiger partial charge in [0.25, 0.3) is 5.91 Å². The van der Waals surface area contributed by atoms with Crippen LogP contribution in [0, 0.1) is 5.82 Å². The second-order valence-electron chi connectivity index (χ2n) is 8.41. The van der Waals surface area contributed by atoms with Gasteiger partial charge in [0.2, 0.25) is 5.89 Å². The number of hydrogen-bond acceptors (Lipinski definition) is 4. The number of carbonyl (C=O) groups is 1. The summed E-state index contributed by atoms with van der Waals surface area (Å²) in [5, 5.41) is 0.